The predicted molar refractivity (Wildman–Crippen MR) is 119 cm³/mol. The molecule has 0 bridgehead atoms. The molecule has 1 N–H and O–H groups in total. The van der Waals surface area contributed by atoms with Crippen LogP contribution in [0.2, 0.25) is 0 Å². The summed E-state index contributed by atoms with van der Waals surface area (Å²) >= 11 is 3.09. The lowest BCUT2D eigenvalue weighted by Gasteiger charge is -2.18. The third-order valence-electron chi connectivity index (χ3n) is 4.81. The van der Waals surface area contributed by atoms with E-state index in [0.717, 1.165) is 31.6 Å². The van der Waals surface area contributed by atoms with E-state index in [9.17, 15) is 4.79 Å². The molecule has 0 fully saturated rings. The number of ether oxygens (including phenoxy) is 2. The van der Waals surface area contributed by atoms with Crippen molar-refractivity contribution in [3.63, 3.8) is 0 Å². The Morgan fingerprint density at radius 1 is 1.13 bits per heavy atom. The first-order chi connectivity index (χ1) is 15.2. The Bertz CT molecular complexity index is 1250. The molecule has 4 aromatic rings. The van der Waals surface area contributed by atoms with Crippen molar-refractivity contribution in [2.75, 3.05) is 13.2 Å². The summed E-state index contributed by atoms with van der Waals surface area (Å²) in [5.41, 5.74) is 2.47. The molecule has 5 rings (SSSR count). The fourth-order valence-electron chi connectivity index (χ4n) is 3.36. The second-order valence-corrected chi connectivity index (χ2v) is 9.35. The summed E-state index contributed by atoms with van der Waals surface area (Å²) in [5, 5.41) is 13.0. The van der Waals surface area contributed by atoms with Gasteiger partial charge in [0.05, 0.1) is 0 Å². The van der Waals surface area contributed by atoms with Crippen LogP contribution in [-0.4, -0.2) is 29.3 Å². The fraction of sp³-hybridized carbons (Fsp3) is 0.227. The summed E-state index contributed by atoms with van der Waals surface area (Å²) < 4.78 is 18.0. The average Bonchev–Trinajstić information content (AvgIpc) is 3.39. The molecule has 0 saturated carbocycles. The molecule has 0 aliphatic carbocycles. The number of furan rings is 1. The van der Waals surface area contributed by atoms with E-state index in [1.807, 2.05) is 49.4 Å². The molecular formula is C22H19N3O4S2. The van der Waals surface area contributed by atoms with Gasteiger partial charge in [0.2, 0.25) is 0 Å². The Morgan fingerprint density at radius 3 is 2.81 bits per heavy atom. The van der Waals surface area contributed by atoms with Gasteiger partial charge in [-0.3, -0.25) is 4.79 Å². The van der Waals surface area contributed by atoms with Gasteiger partial charge >= 0.3 is 0 Å². The monoisotopic (exact) mass is 453 g/mol. The van der Waals surface area contributed by atoms with Crippen LogP contribution in [0, 0.1) is 6.92 Å². The highest BCUT2D eigenvalue weighted by Crippen LogP contribution is 2.33. The van der Waals surface area contributed by atoms with Gasteiger partial charge in [-0.15, -0.1) is 10.2 Å². The van der Waals surface area contributed by atoms with Crippen LogP contribution in [-0.2, 0) is 12.3 Å². The molecule has 2 aromatic heterocycles. The average molecular weight is 454 g/mol. The van der Waals surface area contributed by atoms with Crippen molar-refractivity contribution in [2.24, 2.45) is 0 Å². The molecule has 0 spiro atoms. The number of amides is 1. The topological polar surface area (TPSA) is 86.5 Å². The normalized spacial score (nSPS) is 12.8. The molecule has 2 aromatic carbocycles. The van der Waals surface area contributed by atoms with Gasteiger partial charge in [0, 0.05) is 23.2 Å². The molecule has 31 heavy (non-hydrogen) atoms. The number of thioether (sulfide) groups is 1. The first kappa shape index (κ1) is 19.9. The lowest BCUT2D eigenvalue weighted by Crippen LogP contribution is -2.23. The number of rotatable bonds is 6. The standard InChI is InChI=1S/C22H19N3O4S2/c1-13-24-25-22(31-13)30-12-16-15-4-2-3-5-17(15)29-20(16)21(26)23-11-14-6-7-18-19(10-14)28-9-8-27-18/h2-7,10H,8-9,11-12H2,1H3,(H,23,26). The zero-order chi connectivity index (χ0) is 21.2. The maximum atomic E-state index is 13.0. The number of fused-ring (bicyclic) bond motifs is 2. The molecular weight excluding hydrogens is 434 g/mol. The van der Waals surface area contributed by atoms with Crippen molar-refractivity contribution in [2.45, 2.75) is 23.6 Å². The van der Waals surface area contributed by atoms with Gasteiger partial charge in [0.1, 0.15) is 23.8 Å². The molecule has 0 radical (unpaired) electrons. The number of aromatic nitrogens is 2. The van der Waals surface area contributed by atoms with Crippen LogP contribution in [0.5, 0.6) is 11.5 Å². The molecule has 0 atom stereocenters. The number of aryl methyl sites for hydroxylation is 1. The summed E-state index contributed by atoms with van der Waals surface area (Å²) in [6.45, 7) is 3.35. The van der Waals surface area contributed by atoms with Crippen LogP contribution in [0.1, 0.15) is 26.7 Å². The number of hydrogen-bond acceptors (Lipinski definition) is 8. The maximum Gasteiger partial charge on any atom is 0.287 e. The van der Waals surface area contributed by atoms with Gasteiger partial charge in [-0.1, -0.05) is 47.4 Å². The van der Waals surface area contributed by atoms with Crippen molar-refractivity contribution >= 4 is 40.0 Å². The largest absolute Gasteiger partial charge is 0.486 e. The molecule has 0 unspecified atom stereocenters. The third-order valence-corrected chi connectivity index (χ3v) is 6.81. The van der Waals surface area contributed by atoms with E-state index in [1.54, 1.807) is 11.8 Å². The summed E-state index contributed by atoms with van der Waals surface area (Å²) in [7, 11) is 0. The van der Waals surface area contributed by atoms with E-state index in [4.69, 9.17) is 13.9 Å². The van der Waals surface area contributed by atoms with Crippen LogP contribution in [0.4, 0.5) is 0 Å². The van der Waals surface area contributed by atoms with Gasteiger partial charge in [0.25, 0.3) is 5.91 Å². The Hall–Kier alpha value is -3.04. The molecule has 3 heterocycles. The summed E-state index contributed by atoms with van der Waals surface area (Å²) in [6, 6.07) is 13.4. The highest BCUT2D eigenvalue weighted by Gasteiger charge is 2.21. The molecule has 1 aliphatic heterocycles. The van der Waals surface area contributed by atoms with Gasteiger partial charge in [0.15, 0.2) is 21.6 Å². The maximum absolute atomic E-state index is 13.0. The number of benzene rings is 2. The zero-order valence-electron chi connectivity index (χ0n) is 16.7. The first-order valence-electron chi connectivity index (χ1n) is 9.77. The Labute approximate surface area is 186 Å². The summed E-state index contributed by atoms with van der Waals surface area (Å²) in [4.78, 5) is 13.0. The van der Waals surface area contributed by atoms with Crippen LogP contribution < -0.4 is 14.8 Å². The summed E-state index contributed by atoms with van der Waals surface area (Å²) in [6.07, 6.45) is 0. The van der Waals surface area contributed by atoms with E-state index in [1.165, 1.54) is 11.3 Å². The molecule has 158 valence electrons. The van der Waals surface area contributed by atoms with Crippen LogP contribution in [0.25, 0.3) is 11.0 Å². The quantitative estimate of drug-likeness (QED) is 0.428. The Morgan fingerprint density at radius 2 is 1.97 bits per heavy atom. The van der Waals surface area contributed by atoms with Gasteiger partial charge in [-0.05, 0) is 30.7 Å². The minimum absolute atomic E-state index is 0.255. The van der Waals surface area contributed by atoms with E-state index in [2.05, 4.69) is 15.5 Å². The van der Waals surface area contributed by atoms with Crippen LogP contribution in [0.15, 0.2) is 51.2 Å². The van der Waals surface area contributed by atoms with Crippen LogP contribution >= 0.6 is 23.1 Å². The molecule has 1 aliphatic rings. The number of carbonyl (C=O) groups excluding carboxylic acids is 1. The minimum atomic E-state index is -0.255. The van der Waals surface area contributed by atoms with E-state index < -0.39 is 0 Å². The van der Waals surface area contributed by atoms with E-state index in [0.29, 0.717) is 42.6 Å². The fourth-order valence-corrected chi connectivity index (χ4v) is 5.20. The SMILES string of the molecule is Cc1nnc(SCc2c(C(=O)NCc3ccc4c(c3)OCCO4)oc3ccccc23)s1. The highest BCUT2D eigenvalue weighted by molar-refractivity contribution is 8.00. The number of nitrogens with one attached hydrogen (secondary N) is 1. The second-order valence-electron chi connectivity index (χ2n) is 6.94. The first-order valence-corrected chi connectivity index (χ1v) is 11.6. The third kappa shape index (κ3) is 4.24. The predicted octanol–water partition coefficient (Wildman–Crippen LogP) is 4.59. The molecule has 9 heteroatoms. The number of hydrogen-bond donors (Lipinski definition) is 1. The summed E-state index contributed by atoms with van der Waals surface area (Å²) in [5.74, 6) is 2.07. The smallest absolute Gasteiger partial charge is 0.287 e. The van der Waals surface area contributed by atoms with Crippen molar-refractivity contribution in [3.05, 3.63) is 64.4 Å². The van der Waals surface area contributed by atoms with Crippen LogP contribution in [0.3, 0.4) is 0 Å². The van der Waals surface area contributed by atoms with Gasteiger partial charge < -0.3 is 19.2 Å². The minimum Gasteiger partial charge on any atom is -0.486 e. The number of nitrogens with zero attached hydrogens (tertiary/aromatic N) is 2. The lowest BCUT2D eigenvalue weighted by atomic mass is 10.1. The highest BCUT2D eigenvalue weighted by atomic mass is 32.2. The Kier molecular flexibility index (Phi) is 5.52. The Balaban J connectivity index is 1.35. The molecule has 0 saturated heterocycles. The lowest BCUT2D eigenvalue weighted by molar-refractivity contribution is 0.0924. The van der Waals surface area contributed by atoms with Gasteiger partial charge in [-0.25, -0.2) is 0 Å². The van der Waals surface area contributed by atoms with Crippen molar-refractivity contribution in [1.82, 2.24) is 15.5 Å². The van der Waals surface area contributed by atoms with Crippen molar-refractivity contribution < 1.29 is 18.7 Å². The van der Waals surface area contributed by atoms with Crippen molar-refractivity contribution in [3.8, 4) is 11.5 Å². The van der Waals surface area contributed by atoms with E-state index in [-0.39, 0.29) is 5.91 Å². The van der Waals surface area contributed by atoms with Crippen molar-refractivity contribution in [1.29, 1.82) is 0 Å². The number of para-hydroxylation sites is 1. The molecule has 1 amide bonds. The van der Waals surface area contributed by atoms with E-state index >= 15 is 0 Å². The number of carbonyl (C=O) groups is 1. The molecule has 7 nitrogen and oxygen atoms in total. The zero-order valence-corrected chi connectivity index (χ0v) is 18.3. The van der Waals surface area contributed by atoms with Gasteiger partial charge in [-0.2, -0.15) is 0 Å². The second kappa shape index (κ2) is 8.60.